The van der Waals surface area contributed by atoms with E-state index in [-0.39, 0.29) is 5.91 Å². The predicted molar refractivity (Wildman–Crippen MR) is 76.4 cm³/mol. The number of para-hydroxylation sites is 1. The molecule has 0 spiro atoms. The second-order valence-corrected chi connectivity index (χ2v) is 5.25. The Morgan fingerprint density at radius 1 is 1.47 bits per heavy atom. The monoisotopic (exact) mass is 257 g/mol. The van der Waals surface area contributed by atoms with Gasteiger partial charge in [-0.2, -0.15) is 0 Å². The molecule has 1 amide bonds. The lowest BCUT2D eigenvalue weighted by Crippen LogP contribution is -2.33. The molecule has 0 aliphatic carbocycles. The summed E-state index contributed by atoms with van der Waals surface area (Å²) in [7, 11) is 1.95. The molecule has 1 aromatic carbocycles. The summed E-state index contributed by atoms with van der Waals surface area (Å²) in [5.74, 6) is 0.105. The van der Waals surface area contributed by atoms with E-state index in [2.05, 4.69) is 23.3 Å². The molecule has 1 atom stereocenters. The molecule has 1 aliphatic heterocycles. The van der Waals surface area contributed by atoms with Gasteiger partial charge in [0.1, 0.15) is 5.69 Å². The van der Waals surface area contributed by atoms with Crippen molar-refractivity contribution >= 4 is 16.8 Å². The van der Waals surface area contributed by atoms with Crippen LogP contribution in [0.15, 0.2) is 24.3 Å². The highest BCUT2D eigenvalue weighted by Crippen LogP contribution is 2.21. The number of rotatable bonds is 2. The van der Waals surface area contributed by atoms with Gasteiger partial charge in [-0.25, -0.2) is 0 Å². The average Bonchev–Trinajstić information content (AvgIpc) is 3.05. The van der Waals surface area contributed by atoms with Gasteiger partial charge in [-0.1, -0.05) is 18.2 Å². The first-order valence-corrected chi connectivity index (χ1v) is 6.74. The molecule has 100 valence electrons. The SMILES string of the molecule is CN[C@@H]1CCN(C(=O)c2cc3cccc(C)c3[nH]2)C1. The normalized spacial score (nSPS) is 19.3. The molecular weight excluding hydrogens is 238 g/mol. The van der Waals surface area contributed by atoms with Crippen molar-refractivity contribution < 1.29 is 4.79 Å². The fourth-order valence-electron chi connectivity index (χ4n) is 2.77. The molecule has 0 bridgehead atoms. The number of benzene rings is 1. The van der Waals surface area contributed by atoms with E-state index in [1.165, 1.54) is 5.56 Å². The van der Waals surface area contributed by atoms with Gasteiger partial charge in [-0.05, 0) is 32.0 Å². The van der Waals surface area contributed by atoms with Gasteiger partial charge in [-0.3, -0.25) is 4.79 Å². The molecule has 19 heavy (non-hydrogen) atoms. The largest absolute Gasteiger partial charge is 0.350 e. The second kappa shape index (κ2) is 4.70. The third-order valence-electron chi connectivity index (χ3n) is 3.98. The van der Waals surface area contributed by atoms with Crippen LogP contribution < -0.4 is 5.32 Å². The van der Waals surface area contributed by atoms with Crippen LogP contribution in [0.2, 0.25) is 0 Å². The maximum atomic E-state index is 12.5. The van der Waals surface area contributed by atoms with Gasteiger partial charge in [0, 0.05) is 30.0 Å². The number of likely N-dealkylation sites (N-methyl/N-ethyl adjacent to an activating group) is 1. The molecule has 1 aromatic heterocycles. The summed E-state index contributed by atoms with van der Waals surface area (Å²) in [6.07, 6.45) is 1.03. The van der Waals surface area contributed by atoms with Crippen molar-refractivity contribution in [3.8, 4) is 0 Å². The van der Waals surface area contributed by atoms with Crippen LogP contribution in [0.5, 0.6) is 0 Å². The minimum absolute atomic E-state index is 0.105. The van der Waals surface area contributed by atoms with Gasteiger partial charge in [0.2, 0.25) is 0 Å². The average molecular weight is 257 g/mol. The number of fused-ring (bicyclic) bond motifs is 1. The number of carbonyl (C=O) groups excluding carboxylic acids is 1. The summed E-state index contributed by atoms with van der Waals surface area (Å²) >= 11 is 0. The number of nitrogens with one attached hydrogen (secondary N) is 2. The topological polar surface area (TPSA) is 48.1 Å². The Balaban J connectivity index is 1.88. The molecule has 4 heteroatoms. The van der Waals surface area contributed by atoms with Crippen LogP contribution in [0.4, 0.5) is 0 Å². The number of hydrogen-bond acceptors (Lipinski definition) is 2. The summed E-state index contributed by atoms with van der Waals surface area (Å²) in [6.45, 7) is 3.68. The van der Waals surface area contributed by atoms with E-state index in [9.17, 15) is 4.79 Å². The first kappa shape index (κ1) is 12.2. The minimum atomic E-state index is 0.105. The van der Waals surface area contributed by atoms with E-state index in [4.69, 9.17) is 0 Å². The van der Waals surface area contributed by atoms with Crippen LogP contribution >= 0.6 is 0 Å². The third-order valence-corrected chi connectivity index (χ3v) is 3.98. The minimum Gasteiger partial charge on any atom is -0.350 e. The molecule has 2 aromatic rings. The molecule has 3 rings (SSSR count). The Labute approximate surface area is 112 Å². The van der Waals surface area contributed by atoms with Gasteiger partial charge in [0.25, 0.3) is 5.91 Å². The number of amides is 1. The Hall–Kier alpha value is -1.81. The van der Waals surface area contributed by atoms with E-state index >= 15 is 0 Å². The number of hydrogen-bond donors (Lipinski definition) is 2. The fraction of sp³-hybridized carbons (Fsp3) is 0.400. The quantitative estimate of drug-likeness (QED) is 0.863. The lowest BCUT2D eigenvalue weighted by molar-refractivity contribution is 0.0785. The van der Waals surface area contributed by atoms with E-state index in [1.54, 1.807) is 0 Å². The lowest BCUT2D eigenvalue weighted by Gasteiger charge is -2.15. The Morgan fingerprint density at radius 2 is 2.32 bits per heavy atom. The number of carbonyl (C=O) groups is 1. The molecule has 0 radical (unpaired) electrons. The zero-order chi connectivity index (χ0) is 13.4. The Morgan fingerprint density at radius 3 is 3.00 bits per heavy atom. The molecule has 1 aliphatic rings. The molecular formula is C15H19N3O. The number of aryl methyl sites for hydroxylation is 1. The van der Waals surface area contributed by atoms with E-state index in [1.807, 2.05) is 30.1 Å². The zero-order valence-corrected chi connectivity index (χ0v) is 11.4. The summed E-state index contributed by atoms with van der Waals surface area (Å²) in [5.41, 5.74) is 2.93. The maximum absolute atomic E-state index is 12.5. The van der Waals surface area contributed by atoms with Crippen molar-refractivity contribution in [1.82, 2.24) is 15.2 Å². The smallest absolute Gasteiger partial charge is 0.270 e. The van der Waals surface area contributed by atoms with Crippen LogP contribution in [0.3, 0.4) is 0 Å². The fourth-order valence-corrected chi connectivity index (χ4v) is 2.77. The highest BCUT2D eigenvalue weighted by molar-refractivity contribution is 5.98. The first-order chi connectivity index (χ1) is 9.19. The predicted octanol–water partition coefficient (Wildman–Crippen LogP) is 1.91. The van der Waals surface area contributed by atoms with E-state index in [0.29, 0.717) is 11.7 Å². The van der Waals surface area contributed by atoms with Crippen molar-refractivity contribution in [2.75, 3.05) is 20.1 Å². The third kappa shape index (κ3) is 2.12. The van der Waals surface area contributed by atoms with Crippen molar-refractivity contribution in [3.05, 3.63) is 35.5 Å². The van der Waals surface area contributed by atoms with Gasteiger partial charge in [0.05, 0.1) is 0 Å². The molecule has 0 saturated carbocycles. The number of likely N-dealkylation sites (tertiary alicyclic amines) is 1. The summed E-state index contributed by atoms with van der Waals surface area (Å²) in [4.78, 5) is 17.6. The number of aromatic nitrogens is 1. The lowest BCUT2D eigenvalue weighted by atomic mass is 10.2. The first-order valence-electron chi connectivity index (χ1n) is 6.74. The van der Waals surface area contributed by atoms with Crippen LogP contribution in [0.25, 0.3) is 10.9 Å². The summed E-state index contributed by atoms with van der Waals surface area (Å²) in [5, 5.41) is 4.34. The molecule has 0 unspecified atom stereocenters. The molecule has 1 saturated heterocycles. The summed E-state index contributed by atoms with van der Waals surface area (Å²) < 4.78 is 0. The van der Waals surface area contributed by atoms with Gasteiger partial charge >= 0.3 is 0 Å². The van der Waals surface area contributed by atoms with Gasteiger partial charge in [0.15, 0.2) is 0 Å². The van der Waals surface area contributed by atoms with E-state index in [0.717, 1.165) is 30.4 Å². The molecule has 2 N–H and O–H groups in total. The molecule has 2 heterocycles. The highest BCUT2D eigenvalue weighted by atomic mass is 16.2. The number of aromatic amines is 1. The van der Waals surface area contributed by atoms with Gasteiger partial charge in [-0.15, -0.1) is 0 Å². The van der Waals surface area contributed by atoms with Crippen LogP contribution in [-0.4, -0.2) is 42.0 Å². The Kier molecular flexibility index (Phi) is 3.03. The summed E-state index contributed by atoms with van der Waals surface area (Å²) in [6, 6.07) is 8.50. The van der Waals surface area contributed by atoms with Crippen LogP contribution in [-0.2, 0) is 0 Å². The molecule has 4 nitrogen and oxygen atoms in total. The van der Waals surface area contributed by atoms with Crippen molar-refractivity contribution in [3.63, 3.8) is 0 Å². The van der Waals surface area contributed by atoms with Crippen LogP contribution in [0.1, 0.15) is 22.5 Å². The van der Waals surface area contributed by atoms with E-state index < -0.39 is 0 Å². The van der Waals surface area contributed by atoms with Crippen LogP contribution in [0, 0.1) is 6.92 Å². The highest BCUT2D eigenvalue weighted by Gasteiger charge is 2.26. The Bertz CT molecular complexity index is 617. The zero-order valence-electron chi connectivity index (χ0n) is 11.4. The molecule has 1 fully saturated rings. The van der Waals surface area contributed by atoms with Crippen molar-refractivity contribution in [1.29, 1.82) is 0 Å². The number of nitrogens with zero attached hydrogens (tertiary/aromatic N) is 1. The standard InChI is InChI=1S/C15H19N3O/c1-10-4-3-5-11-8-13(17-14(10)11)15(19)18-7-6-12(9-18)16-2/h3-5,8,12,16-17H,6-7,9H2,1-2H3/t12-/m1/s1. The maximum Gasteiger partial charge on any atom is 0.270 e. The second-order valence-electron chi connectivity index (χ2n) is 5.25. The van der Waals surface area contributed by atoms with Crippen molar-refractivity contribution in [2.45, 2.75) is 19.4 Å². The van der Waals surface area contributed by atoms with Gasteiger partial charge < -0.3 is 15.2 Å². The van der Waals surface area contributed by atoms with Crippen molar-refractivity contribution in [2.24, 2.45) is 0 Å². The number of H-pyrrole nitrogens is 1.